The zero-order chi connectivity index (χ0) is 29.3. The maximum atomic E-state index is 14.1. The summed E-state index contributed by atoms with van der Waals surface area (Å²) >= 11 is 0. The van der Waals surface area contributed by atoms with E-state index >= 15 is 0 Å². The molecule has 2 N–H and O–H groups in total. The number of nitrogens with zero attached hydrogens (tertiary/aromatic N) is 2. The Balaban J connectivity index is 1.38. The van der Waals surface area contributed by atoms with Crippen molar-refractivity contribution < 1.29 is 24.2 Å². The summed E-state index contributed by atoms with van der Waals surface area (Å²) in [5.41, 5.74) is 0.594. The highest BCUT2D eigenvalue weighted by molar-refractivity contribution is 6.09. The van der Waals surface area contributed by atoms with Crippen LogP contribution in [-0.2, 0) is 27.2 Å². The zero-order valence-corrected chi connectivity index (χ0v) is 23.4. The van der Waals surface area contributed by atoms with E-state index in [2.05, 4.69) is 10.3 Å². The molecule has 0 aliphatic carbocycles. The van der Waals surface area contributed by atoms with Gasteiger partial charge >= 0.3 is 5.97 Å². The SMILES string of the molecule is CCCOc1ccc(C2NC(Cc3ccc4ccccc4c3)(C(=O)O)C3C(=O)N(CCc4ccccn4)C(=O)C23)cc1. The van der Waals surface area contributed by atoms with Gasteiger partial charge in [0.25, 0.3) is 0 Å². The molecular weight excluding hydrogens is 530 g/mol. The highest BCUT2D eigenvalue weighted by atomic mass is 16.5. The van der Waals surface area contributed by atoms with E-state index in [1.165, 1.54) is 4.90 Å². The number of carbonyl (C=O) groups is 3. The lowest BCUT2D eigenvalue weighted by Crippen LogP contribution is -2.57. The average Bonchev–Trinajstić information content (AvgIpc) is 3.49. The van der Waals surface area contributed by atoms with Crippen LogP contribution in [0.25, 0.3) is 10.8 Å². The van der Waals surface area contributed by atoms with Gasteiger partial charge in [-0.3, -0.25) is 29.6 Å². The Labute approximate surface area is 244 Å². The number of carboxylic acids is 1. The van der Waals surface area contributed by atoms with E-state index in [1.54, 1.807) is 6.20 Å². The van der Waals surface area contributed by atoms with E-state index in [0.29, 0.717) is 18.8 Å². The number of ether oxygens (including phenoxy) is 1. The van der Waals surface area contributed by atoms with Crippen LogP contribution in [-0.4, -0.2) is 51.5 Å². The monoisotopic (exact) mass is 563 g/mol. The van der Waals surface area contributed by atoms with Gasteiger partial charge in [0.2, 0.25) is 11.8 Å². The number of carboxylic acid groups (broad SMARTS) is 1. The zero-order valence-electron chi connectivity index (χ0n) is 23.4. The molecule has 0 radical (unpaired) electrons. The summed E-state index contributed by atoms with van der Waals surface area (Å²) in [6, 6.07) is 25.9. The second-order valence-electron chi connectivity index (χ2n) is 11.1. The Morgan fingerprint density at radius 2 is 1.74 bits per heavy atom. The lowest BCUT2D eigenvalue weighted by atomic mass is 9.76. The molecule has 0 spiro atoms. The van der Waals surface area contributed by atoms with Gasteiger partial charge < -0.3 is 9.84 Å². The maximum absolute atomic E-state index is 14.1. The number of hydrogen-bond acceptors (Lipinski definition) is 6. The van der Waals surface area contributed by atoms with Crippen LogP contribution in [0.4, 0.5) is 0 Å². The molecule has 2 fully saturated rings. The second kappa shape index (κ2) is 11.4. The van der Waals surface area contributed by atoms with Crippen LogP contribution in [0.15, 0.2) is 91.1 Å². The van der Waals surface area contributed by atoms with Gasteiger partial charge in [0.05, 0.1) is 18.4 Å². The molecule has 4 atom stereocenters. The molecule has 4 aromatic rings. The quantitative estimate of drug-likeness (QED) is 0.272. The Hall–Kier alpha value is -4.56. The first kappa shape index (κ1) is 27.6. The normalized spacial score (nSPS) is 23.4. The van der Waals surface area contributed by atoms with Crippen molar-refractivity contribution in [2.75, 3.05) is 13.2 Å². The fraction of sp³-hybridized carbons (Fsp3) is 0.294. The molecule has 6 rings (SSSR count). The number of nitrogens with one attached hydrogen (secondary N) is 1. The van der Waals surface area contributed by atoms with Gasteiger partial charge in [-0.2, -0.15) is 0 Å². The highest BCUT2D eigenvalue weighted by Gasteiger charge is 2.68. The van der Waals surface area contributed by atoms with Crippen LogP contribution in [0.5, 0.6) is 5.75 Å². The summed E-state index contributed by atoms with van der Waals surface area (Å²) in [6.07, 6.45) is 2.99. The van der Waals surface area contributed by atoms with Crippen molar-refractivity contribution in [2.24, 2.45) is 11.8 Å². The second-order valence-corrected chi connectivity index (χ2v) is 11.1. The van der Waals surface area contributed by atoms with Gasteiger partial charge in [0, 0.05) is 37.3 Å². The number of imide groups is 1. The minimum absolute atomic E-state index is 0.0512. The maximum Gasteiger partial charge on any atom is 0.325 e. The fourth-order valence-corrected chi connectivity index (χ4v) is 6.44. The molecule has 1 aromatic heterocycles. The molecule has 8 nitrogen and oxygen atoms in total. The minimum Gasteiger partial charge on any atom is -0.494 e. The largest absolute Gasteiger partial charge is 0.494 e. The predicted octanol–water partition coefficient (Wildman–Crippen LogP) is 4.58. The molecule has 3 aromatic carbocycles. The number of rotatable bonds is 10. The number of pyridine rings is 1. The van der Waals surface area contributed by atoms with Crippen molar-refractivity contribution >= 4 is 28.6 Å². The molecule has 8 heteroatoms. The van der Waals surface area contributed by atoms with Crippen molar-refractivity contribution in [3.8, 4) is 5.75 Å². The lowest BCUT2D eigenvalue weighted by molar-refractivity contribution is -0.151. The third-order valence-electron chi connectivity index (χ3n) is 8.45. The van der Waals surface area contributed by atoms with Gasteiger partial charge in [0.1, 0.15) is 11.3 Å². The van der Waals surface area contributed by atoms with Gasteiger partial charge in [-0.1, -0.05) is 67.6 Å². The molecule has 42 heavy (non-hydrogen) atoms. The van der Waals surface area contributed by atoms with Crippen LogP contribution < -0.4 is 10.1 Å². The fourth-order valence-electron chi connectivity index (χ4n) is 6.44. The first-order valence-electron chi connectivity index (χ1n) is 14.4. The van der Waals surface area contributed by atoms with Crippen LogP contribution in [0.1, 0.15) is 36.2 Å². The van der Waals surface area contributed by atoms with E-state index < -0.39 is 35.3 Å². The third kappa shape index (κ3) is 4.92. The van der Waals surface area contributed by atoms with Crippen LogP contribution >= 0.6 is 0 Å². The molecule has 214 valence electrons. The first-order chi connectivity index (χ1) is 20.4. The number of fused-ring (bicyclic) bond motifs is 2. The highest BCUT2D eigenvalue weighted by Crippen LogP contribution is 2.50. The molecule has 0 bridgehead atoms. The molecule has 2 aliphatic rings. The number of amides is 2. The first-order valence-corrected chi connectivity index (χ1v) is 14.4. The lowest BCUT2D eigenvalue weighted by Gasteiger charge is -2.31. The van der Waals surface area contributed by atoms with E-state index in [-0.39, 0.29) is 18.9 Å². The molecule has 2 saturated heterocycles. The van der Waals surface area contributed by atoms with Crippen molar-refractivity contribution in [3.05, 3.63) is 108 Å². The molecule has 2 amide bonds. The van der Waals surface area contributed by atoms with Crippen molar-refractivity contribution in [1.29, 1.82) is 0 Å². The predicted molar refractivity (Wildman–Crippen MR) is 158 cm³/mol. The molecule has 3 heterocycles. The minimum atomic E-state index is -1.68. The van der Waals surface area contributed by atoms with E-state index in [9.17, 15) is 19.5 Å². The van der Waals surface area contributed by atoms with Crippen LogP contribution in [0.2, 0.25) is 0 Å². The topological polar surface area (TPSA) is 109 Å². The molecule has 0 saturated carbocycles. The summed E-state index contributed by atoms with van der Waals surface area (Å²) in [4.78, 5) is 46.8. The third-order valence-corrected chi connectivity index (χ3v) is 8.45. The average molecular weight is 564 g/mol. The van der Waals surface area contributed by atoms with Crippen LogP contribution in [0.3, 0.4) is 0 Å². The number of benzene rings is 3. The number of aromatic nitrogens is 1. The van der Waals surface area contributed by atoms with Gasteiger partial charge in [-0.05, 0) is 52.6 Å². The summed E-state index contributed by atoms with van der Waals surface area (Å²) < 4.78 is 5.73. The Kier molecular flexibility index (Phi) is 7.47. The number of carbonyl (C=O) groups excluding carboxylic acids is 2. The molecular formula is C34H33N3O5. The van der Waals surface area contributed by atoms with E-state index in [0.717, 1.165) is 34.0 Å². The smallest absolute Gasteiger partial charge is 0.325 e. The molecule has 4 unspecified atom stereocenters. The van der Waals surface area contributed by atoms with Crippen molar-refractivity contribution in [2.45, 2.75) is 37.8 Å². The van der Waals surface area contributed by atoms with Gasteiger partial charge in [-0.15, -0.1) is 0 Å². The Morgan fingerprint density at radius 3 is 2.45 bits per heavy atom. The van der Waals surface area contributed by atoms with Crippen LogP contribution in [0, 0.1) is 11.8 Å². The number of aliphatic carboxylic acids is 1. The van der Waals surface area contributed by atoms with Crippen molar-refractivity contribution in [1.82, 2.24) is 15.2 Å². The Morgan fingerprint density at radius 1 is 0.976 bits per heavy atom. The van der Waals surface area contributed by atoms with E-state index in [4.69, 9.17) is 4.74 Å². The van der Waals surface area contributed by atoms with E-state index in [1.807, 2.05) is 91.9 Å². The summed E-state index contributed by atoms with van der Waals surface area (Å²) in [6.45, 7) is 2.75. The van der Waals surface area contributed by atoms with Gasteiger partial charge in [0.15, 0.2) is 0 Å². The molecule has 2 aliphatic heterocycles. The Bertz CT molecular complexity index is 1620. The number of hydrogen-bond donors (Lipinski definition) is 2. The standard InChI is InChI=1S/C34H33N3O5/c1-2-19-42-27-14-12-24(13-15-27)30-28-29(32(39)37(31(28)38)18-16-26-9-5-6-17-35-26)34(36-30,33(40)41)21-22-10-11-23-7-3-4-8-25(23)20-22/h3-15,17,20,28-30,36H,2,16,18-19,21H2,1H3,(H,40,41). The van der Waals surface area contributed by atoms with Crippen molar-refractivity contribution in [3.63, 3.8) is 0 Å². The summed E-state index contributed by atoms with van der Waals surface area (Å²) in [7, 11) is 0. The number of likely N-dealkylation sites (tertiary alicyclic amines) is 1. The summed E-state index contributed by atoms with van der Waals surface area (Å²) in [5, 5.41) is 16.2. The summed E-state index contributed by atoms with van der Waals surface area (Å²) in [5.74, 6) is -3.20. The van der Waals surface area contributed by atoms with Gasteiger partial charge in [-0.25, -0.2) is 0 Å².